The van der Waals surface area contributed by atoms with Gasteiger partial charge in [-0.2, -0.15) is 0 Å². The first-order valence-corrected chi connectivity index (χ1v) is 11.9. The van der Waals surface area contributed by atoms with Crippen LogP contribution in [0, 0.1) is 5.82 Å². The highest BCUT2D eigenvalue weighted by atomic mass is 32.2. The number of sulfonamides is 1. The van der Waals surface area contributed by atoms with E-state index in [1.165, 1.54) is 12.1 Å². The van der Waals surface area contributed by atoms with Crippen molar-refractivity contribution in [2.45, 2.75) is 11.3 Å². The Labute approximate surface area is 187 Å². The zero-order chi connectivity index (χ0) is 22.7. The molecule has 0 bridgehead atoms. The maximum absolute atomic E-state index is 13.1. The number of carbonyl (C=O) groups excluding carboxylic acids is 1. The molecule has 0 spiro atoms. The van der Waals surface area contributed by atoms with Crippen molar-refractivity contribution in [1.82, 2.24) is 10.3 Å². The van der Waals surface area contributed by atoms with Crippen LogP contribution in [0.1, 0.15) is 15.9 Å². The number of aromatic hydroxyl groups is 1. The van der Waals surface area contributed by atoms with E-state index >= 15 is 0 Å². The number of benzene rings is 3. The number of hydrogen-bond donors (Lipinski definition) is 3. The maximum Gasteiger partial charge on any atom is 0.263 e. The van der Waals surface area contributed by atoms with E-state index in [-0.39, 0.29) is 21.7 Å². The molecule has 7 nitrogen and oxygen atoms in total. The summed E-state index contributed by atoms with van der Waals surface area (Å²) in [7, 11) is -3.91. The lowest BCUT2D eigenvalue weighted by molar-refractivity contribution is 0.0954. The number of halogens is 1. The van der Waals surface area contributed by atoms with E-state index in [1.807, 2.05) is 0 Å². The topological polar surface area (TPSA) is 108 Å². The largest absolute Gasteiger partial charge is 0.508 e. The molecule has 4 rings (SSSR count). The number of carbonyl (C=O) groups is 1. The summed E-state index contributed by atoms with van der Waals surface area (Å²) >= 11 is 1.10. The molecule has 0 aliphatic rings. The van der Waals surface area contributed by atoms with Gasteiger partial charge in [0, 0.05) is 12.1 Å². The van der Waals surface area contributed by atoms with Gasteiger partial charge in [0.1, 0.15) is 11.6 Å². The lowest BCUT2D eigenvalue weighted by atomic mass is 10.1. The van der Waals surface area contributed by atoms with Crippen molar-refractivity contribution in [3.05, 3.63) is 83.7 Å². The molecule has 0 fully saturated rings. The highest BCUT2D eigenvalue weighted by Gasteiger charge is 2.17. The number of fused-ring (bicyclic) bond motifs is 1. The Kier molecular flexibility index (Phi) is 6.06. The Morgan fingerprint density at radius 1 is 1.03 bits per heavy atom. The van der Waals surface area contributed by atoms with Crippen LogP contribution in [0.2, 0.25) is 0 Å². The highest BCUT2D eigenvalue weighted by Crippen LogP contribution is 2.28. The molecule has 164 valence electrons. The minimum Gasteiger partial charge on any atom is -0.508 e. The van der Waals surface area contributed by atoms with E-state index in [1.54, 1.807) is 42.5 Å². The third-order valence-electron chi connectivity index (χ3n) is 4.63. The van der Waals surface area contributed by atoms with Crippen molar-refractivity contribution in [3.8, 4) is 5.75 Å². The van der Waals surface area contributed by atoms with Crippen molar-refractivity contribution in [1.29, 1.82) is 0 Å². The number of nitrogens with one attached hydrogen (secondary N) is 2. The molecule has 0 atom stereocenters. The lowest BCUT2D eigenvalue weighted by Gasteiger charge is -2.05. The van der Waals surface area contributed by atoms with E-state index in [4.69, 9.17) is 0 Å². The second kappa shape index (κ2) is 8.93. The second-order valence-corrected chi connectivity index (χ2v) is 9.65. The van der Waals surface area contributed by atoms with Gasteiger partial charge in [-0.05, 0) is 66.6 Å². The number of hydrogen-bond acceptors (Lipinski definition) is 6. The van der Waals surface area contributed by atoms with Crippen molar-refractivity contribution >= 4 is 42.6 Å². The van der Waals surface area contributed by atoms with Crippen molar-refractivity contribution < 1.29 is 22.7 Å². The third-order valence-corrected chi connectivity index (χ3v) is 7.05. The fourth-order valence-corrected chi connectivity index (χ4v) is 5.12. The minimum absolute atomic E-state index is 0.0770. The summed E-state index contributed by atoms with van der Waals surface area (Å²) in [5.74, 6) is -0.597. The Hall–Kier alpha value is -3.50. The molecule has 1 heterocycles. The third kappa shape index (κ3) is 5.04. The summed E-state index contributed by atoms with van der Waals surface area (Å²) in [6.45, 7) is 0.424. The number of thiazole rings is 1. The van der Waals surface area contributed by atoms with E-state index in [0.29, 0.717) is 28.7 Å². The van der Waals surface area contributed by atoms with Crippen LogP contribution in [0.25, 0.3) is 10.2 Å². The molecule has 0 aliphatic carbocycles. The number of nitrogens with zero attached hydrogens (tertiary/aromatic N) is 1. The fourth-order valence-electron chi connectivity index (χ4n) is 2.98. The quantitative estimate of drug-likeness (QED) is 0.379. The van der Waals surface area contributed by atoms with Gasteiger partial charge >= 0.3 is 0 Å². The van der Waals surface area contributed by atoms with E-state index in [9.17, 15) is 22.7 Å². The van der Waals surface area contributed by atoms with Gasteiger partial charge in [0.2, 0.25) is 0 Å². The average molecular weight is 472 g/mol. The van der Waals surface area contributed by atoms with E-state index in [0.717, 1.165) is 29.0 Å². The second-order valence-electron chi connectivity index (χ2n) is 6.93. The molecule has 0 radical (unpaired) electrons. The summed E-state index contributed by atoms with van der Waals surface area (Å²) in [4.78, 5) is 16.6. The molecule has 3 N–H and O–H groups in total. The SMILES string of the molecule is O=C(NCCc1ccc(O)cc1)c1ccc2nc(NS(=O)(=O)c3ccc(F)cc3)sc2c1. The molecule has 3 aromatic carbocycles. The molecule has 0 saturated carbocycles. The number of anilines is 1. The molecule has 4 aromatic rings. The number of phenolic OH excluding ortho intramolecular Hbond substituents is 1. The van der Waals surface area contributed by atoms with Crippen LogP contribution < -0.4 is 10.0 Å². The monoisotopic (exact) mass is 471 g/mol. The number of rotatable bonds is 7. The van der Waals surface area contributed by atoms with Gasteiger partial charge in [0.15, 0.2) is 5.13 Å². The van der Waals surface area contributed by atoms with Crippen molar-refractivity contribution in [3.63, 3.8) is 0 Å². The predicted octanol–water partition coefficient (Wildman–Crippen LogP) is 3.91. The van der Waals surface area contributed by atoms with Crippen molar-refractivity contribution in [2.24, 2.45) is 0 Å². The molecule has 32 heavy (non-hydrogen) atoms. The lowest BCUT2D eigenvalue weighted by Crippen LogP contribution is -2.25. The van der Waals surface area contributed by atoms with E-state index in [2.05, 4.69) is 15.0 Å². The first-order valence-electron chi connectivity index (χ1n) is 9.55. The van der Waals surface area contributed by atoms with Crippen LogP contribution in [0.4, 0.5) is 9.52 Å². The normalized spacial score (nSPS) is 11.4. The van der Waals surface area contributed by atoms with E-state index < -0.39 is 15.8 Å². The van der Waals surface area contributed by atoms with Crippen LogP contribution in [-0.4, -0.2) is 31.0 Å². The Balaban J connectivity index is 1.43. The Bertz CT molecular complexity index is 1370. The van der Waals surface area contributed by atoms with Crippen LogP contribution >= 0.6 is 11.3 Å². The molecule has 1 amide bonds. The predicted molar refractivity (Wildman–Crippen MR) is 121 cm³/mol. The molecule has 0 unspecified atom stereocenters. The number of amides is 1. The summed E-state index contributed by atoms with van der Waals surface area (Å²) in [6, 6.07) is 16.2. The zero-order valence-corrected chi connectivity index (χ0v) is 18.2. The van der Waals surface area contributed by atoms with Gasteiger partial charge in [-0.3, -0.25) is 9.52 Å². The first-order chi connectivity index (χ1) is 15.3. The van der Waals surface area contributed by atoms with Gasteiger partial charge in [-0.25, -0.2) is 17.8 Å². The minimum atomic E-state index is -3.91. The van der Waals surface area contributed by atoms with Gasteiger partial charge in [0.25, 0.3) is 15.9 Å². The molecule has 0 aliphatic heterocycles. The Morgan fingerprint density at radius 2 is 1.75 bits per heavy atom. The van der Waals surface area contributed by atoms with Crippen LogP contribution in [0.5, 0.6) is 5.75 Å². The van der Waals surface area contributed by atoms with Gasteiger partial charge in [-0.1, -0.05) is 23.5 Å². The summed E-state index contributed by atoms with van der Waals surface area (Å²) in [6.07, 6.45) is 0.615. The molecular weight excluding hydrogens is 453 g/mol. The molecule has 0 saturated heterocycles. The van der Waals surface area contributed by atoms with Gasteiger partial charge in [0.05, 0.1) is 15.1 Å². The first kappa shape index (κ1) is 21.7. The summed E-state index contributed by atoms with van der Waals surface area (Å²) < 4.78 is 41.0. The maximum atomic E-state index is 13.1. The number of aromatic nitrogens is 1. The standard InChI is InChI=1S/C22H18FN3O4S2/c23-16-4-8-18(9-5-16)32(29,30)26-22-25-19-10-3-15(13-20(19)31-22)21(28)24-12-11-14-1-6-17(27)7-2-14/h1-10,13,27H,11-12H2,(H,24,28)(H,25,26). The van der Waals surface area contributed by atoms with Crippen molar-refractivity contribution in [2.75, 3.05) is 11.3 Å². The van der Waals surface area contributed by atoms with Gasteiger partial charge < -0.3 is 10.4 Å². The Morgan fingerprint density at radius 3 is 2.47 bits per heavy atom. The van der Waals surface area contributed by atoms with Crippen LogP contribution in [-0.2, 0) is 16.4 Å². The smallest absolute Gasteiger partial charge is 0.263 e. The van der Waals surface area contributed by atoms with Gasteiger partial charge in [-0.15, -0.1) is 0 Å². The number of phenols is 1. The molecular formula is C22H18FN3O4S2. The van der Waals surface area contributed by atoms with Crippen LogP contribution in [0.3, 0.4) is 0 Å². The zero-order valence-electron chi connectivity index (χ0n) is 16.6. The molecule has 1 aromatic heterocycles. The average Bonchev–Trinajstić information content (AvgIpc) is 3.16. The highest BCUT2D eigenvalue weighted by molar-refractivity contribution is 7.93. The summed E-state index contributed by atoms with van der Waals surface area (Å²) in [5.41, 5.74) is 1.96. The molecule has 10 heteroatoms. The summed E-state index contributed by atoms with van der Waals surface area (Å²) in [5, 5.41) is 12.3. The fraction of sp³-hybridized carbons (Fsp3) is 0.0909. The van der Waals surface area contributed by atoms with Crippen LogP contribution in [0.15, 0.2) is 71.6 Å².